The fourth-order valence-corrected chi connectivity index (χ4v) is 1.75. The van der Waals surface area contributed by atoms with Gasteiger partial charge in [-0.1, -0.05) is 0 Å². The maximum Gasteiger partial charge on any atom is 0.317 e. The number of likely N-dealkylation sites (tertiary alicyclic amines) is 1. The molecule has 1 aliphatic heterocycles. The summed E-state index contributed by atoms with van der Waals surface area (Å²) in [4.78, 5) is 36.6. The van der Waals surface area contributed by atoms with Crippen molar-refractivity contribution in [2.75, 3.05) is 33.2 Å². The molecule has 0 aromatic heterocycles. The molecular formula is C11H19N3O4. The zero-order valence-electron chi connectivity index (χ0n) is 10.5. The van der Waals surface area contributed by atoms with Gasteiger partial charge in [-0.05, 0) is 12.8 Å². The van der Waals surface area contributed by atoms with Crippen molar-refractivity contribution in [1.82, 2.24) is 15.1 Å². The van der Waals surface area contributed by atoms with Crippen LogP contribution in [0.4, 0.5) is 4.79 Å². The number of likely N-dealkylation sites (N-methyl/N-ethyl adjacent to an activating group) is 1. The summed E-state index contributed by atoms with van der Waals surface area (Å²) < 4.78 is 0. The van der Waals surface area contributed by atoms with Crippen LogP contribution in [0.25, 0.3) is 0 Å². The minimum absolute atomic E-state index is 0.0267. The lowest BCUT2D eigenvalue weighted by Crippen LogP contribution is -2.44. The fourth-order valence-electron chi connectivity index (χ4n) is 1.75. The average Bonchev–Trinajstić information content (AvgIpc) is 2.81. The first-order chi connectivity index (χ1) is 8.50. The number of carbonyl (C=O) groups is 3. The Labute approximate surface area is 106 Å². The van der Waals surface area contributed by atoms with Gasteiger partial charge in [0.1, 0.15) is 6.54 Å². The summed E-state index contributed by atoms with van der Waals surface area (Å²) in [6.45, 7) is 1.61. The first-order valence-electron chi connectivity index (χ1n) is 5.99. The predicted octanol–water partition coefficient (Wildman–Crippen LogP) is -0.275. The third-order valence-electron chi connectivity index (χ3n) is 2.79. The molecule has 2 N–H and O–H groups in total. The molecule has 0 aromatic carbocycles. The van der Waals surface area contributed by atoms with E-state index in [9.17, 15) is 14.4 Å². The van der Waals surface area contributed by atoms with Crippen molar-refractivity contribution in [1.29, 1.82) is 0 Å². The van der Waals surface area contributed by atoms with Crippen molar-refractivity contribution < 1.29 is 19.5 Å². The fraction of sp³-hybridized carbons (Fsp3) is 0.727. The smallest absolute Gasteiger partial charge is 0.317 e. The summed E-state index contributed by atoms with van der Waals surface area (Å²) in [7, 11) is 1.52. The van der Waals surface area contributed by atoms with Crippen molar-refractivity contribution >= 4 is 17.9 Å². The van der Waals surface area contributed by atoms with E-state index in [1.165, 1.54) is 11.9 Å². The average molecular weight is 257 g/mol. The van der Waals surface area contributed by atoms with Gasteiger partial charge in [0, 0.05) is 26.7 Å². The molecule has 1 saturated heterocycles. The SMILES string of the molecule is CN(CC(=O)N1CCCC1)C(=O)NCCC(=O)O. The Bertz CT molecular complexity index is 326. The first-order valence-corrected chi connectivity index (χ1v) is 5.99. The van der Waals surface area contributed by atoms with Crippen LogP contribution < -0.4 is 5.32 Å². The van der Waals surface area contributed by atoms with Gasteiger partial charge >= 0.3 is 12.0 Å². The zero-order valence-corrected chi connectivity index (χ0v) is 10.5. The summed E-state index contributed by atoms with van der Waals surface area (Å²) in [5.74, 6) is -1.03. The van der Waals surface area contributed by atoms with Crippen molar-refractivity contribution in [3.63, 3.8) is 0 Å². The van der Waals surface area contributed by atoms with E-state index in [1.807, 2.05) is 0 Å². The Kier molecular flexibility index (Phi) is 5.41. The number of nitrogens with zero attached hydrogens (tertiary/aromatic N) is 2. The van der Waals surface area contributed by atoms with Crippen LogP contribution in [0.2, 0.25) is 0 Å². The van der Waals surface area contributed by atoms with Crippen LogP contribution in [-0.2, 0) is 9.59 Å². The zero-order chi connectivity index (χ0) is 13.5. The second kappa shape index (κ2) is 6.83. The second-order valence-corrected chi connectivity index (χ2v) is 4.32. The molecule has 0 atom stereocenters. The predicted molar refractivity (Wildman–Crippen MR) is 64.1 cm³/mol. The molecule has 1 fully saturated rings. The molecule has 18 heavy (non-hydrogen) atoms. The highest BCUT2D eigenvalue weighted by Crippen LogP contribution is 2.07. The Morgan fingerprint density at radius 1 is 1.28 bits per heavy atom. The van der Waals surface area contributed by atoms with Crippen LogP contribution in [0.15, 0.2) is 0 Å². The summed E-state index contributed by atoms with van der Waals surface area (Å²) in [5, 5.41) is 10.9. The highest BCUT2D eigenvalue weighted by atomic mass is 16.4. The van der Waals surface area contributed by atoms with Gasteiger partial charge < -0.3 is 20.2 Å². The van der Waals surface area contributed by atoms with Crippen LogP contribution in [0.5, 0.6) is 0 Å². The Morgan fingerprint density at radius 2 is 1.89 bits per heavy atom. The van der Waals surface area contributed by atoms with Crippen molar-refractivity contribution in [3.8, 4) is 0 Å². The third-order valence-corrected chi connectivity index (χ3v) is 2.79. The molecule has 7 heteroatoms. The van der Waals surface area contributed by atoms with Crippen LogP contribution in [0.3, 0.4) is 0 Å². The van der Waals surface area contributed by atoms with Gasteiger partial charge in [0.2, 0.25) is 5.91 Å². The molecule has 0 aromatic rings. The lowest BCUT2D eigenvalue weighted by atomic mass is 10.4. The Morgan fingerprint density at radius 3 is 2.44 bits per heavy atom. The normalized spacial score (nSPS) is 14.4. The van der Waals surface area contributed by atoms with E-state index < -0.39 is 12.0 Å². The van der Waals surface area contributed by atoms with Gasteiger partial charge in [-0.15, -0.1) is 0 Å². The van der Waals surface area contributed by atoms with Crippen LogP contribution >= 0.6 is 0 Å². The summed E-state index contributed by atoms with van der Waals surface area (Å²) in [6.07, 6.45) is 1.90. The number of hydrogen-bond donors (Lipinski definition) is 2. The van der Waals surface area contributed by atoms with Crippen LogP contribution in [0, 0.1) is 0 Å². The number of carbonyl (C=O) groups excluding carboxylic acids is 2. The maximum atomic E-state index is 11.8. The van der Waals surface area contributed by atoms with E-state index in [-0.39, 0.29) is 25.4 Å². The number of urea groups is 1. The molecule has 7 nitrogen and oxygen atoms in total. The number of hydrogen-bond acceptors (Lipinski definition) is 3. The number of rotatable bonds is 5. The second-order valence-electron chi connectivity index (χ2n) is 4.32. The Hall–Kier alpha value is -1.79. The third kappa shape index (κ3) is 4.60. The van der Waals surface area contributed by atoms with Gasteiger partial charge in [-0.2, -0.15) is 0 Å². The molecule has 1 rings (SSSR count). The van der Waals surface area contributed by atoms with E-state index >= 15 is 0 Å². The molecule has 0 unspecified atom stereocenters. The lowest BCUT2D eigenvalue weighted by Gasteiger charge is -2.21. The first kappa shape index (κ1) is 14.3. The van der Waals surface area contributed by atoms with E-state index in [0.29, 0.717) is 0 Å². The molecule has 1 aliphatic rings. The van der Waals surface area contributed by atoms with Crippen LogP contribution in [-0.4, -0.2) is 66.0 Å². The largest absolute Gasteiger partial charge is 0.481 e. The number of nitrogens with one attached hydrogen (secondary N) is 1. The monoisotopic (exact) mass is 257 g/mol. The molecular weight excluding hydrogens is 238 g/mol. The standard InChI is InChI=1S/C11H19N3O4/c1-13(11(18)12-5-4-10(16)17)8-9(15)14-6-2-3-7-14/h2-8H2,1H3,(H,12,18)(H,16,17). The molecule has 3 amide bonds. The number of aliphatic carboxylic acids is 1. The van der Waals surface area contributed by atoms with Crippen molar-refractivity contribution in [3.05, 3.63) is 0 Å². The highest BCUT2D eigenvalue weighted by Gasteiger charge is 2.20. The highest BCUT2D eigenvalue weighted by molar-refractivity contribution is 5.84. The van der Waals surface area contributed by atoms with E-state index in [1.54, 1.807) is 4.90 Å². The molecule has 1 heterocycles. The number of carboxylic acid groups (broad SMARTS) is 1. The molecule has 0 bridgehead atoms. The number of carboxylic acids is 1. The summed E-state index contributed by atoms with van der Waals surface area (Å²) >= 11 is 0. The van der Waals surface area contributed by atoms with Gasteiger partial charge in [0.15, 0.2) is 0 Å². The minimum atomic E-state index is -0.967. The lowest BCUT2D eigenvalue weighted by molar-refractivity contribution is -0.137. The van der Waals surface area contributed by atoms with Crippen molar-refractivity contribution in [2.24, 2.45) is 0 Å². The van der Waals surface area contributed by atoms with E-state index in [2.05, 4.69) is 5.32 Å². The quantitative estimate of drug-likeness (QED) is 0.709. The minimum Gasteiger partial charge on any atom is -0.481 e. The summed E-state index contributed by atoms with van der Waals surface area (Å²) in [5.41, 5.74) is 0. The van der Waals surface area contributed by atoms with Crippen molar-refractivity contribution in [2.45, 2.75) is 19.3 Å². The molecule has 0 saturated carbocycles. The van der Waals surface area contributed by atoms with E-state index in [4.69, 9.17) is 5.11 Å². The molecule has 0 radical (unpaired) electrons. The van der Waals surface area contributed by atoms with E-state index in [0.717, 1.165) is 25.9 Å². The van der Waals surface area contributed by atoms with Gasteiger partial charge in [0.05, 0.1) is 6.42 Å². The maximum absolute atomic E-state index is 11.8. The van der Waals surface area contributed by atoms with Crippen LogP contribution in [0.1, 0.15) is 19.3 Å². The molecule has 0 spiro atoms. The topological polar surface area (TPSA) is 90.0 Å². The molecule has 102 valence electrons. The van der Waals surface area contributed by atoms with Gasteiger partial charge in [0.25, 0.3) is 0 Å². The van der Waals surface area contributed by atoms with Gasteiger partial charge in [-0.25, -0.2) is 4.79 Å². The number of amides is 3. The van der Waals surface area contributed by atoms with Gasteiger partial charge in [-0.3, -0.25) is 9.59 Å². The Balaban J connectivity index is 2.25. The molecule has 0 aliphatic carbocycles. The summed E-state index contributed by atoms with van der Waals surface area (Å²) in [6, 6.07) is -0.427.